The molecule has 0 saturated carbocycles. The van der Waals surface area contributed by atoms with E-state index in [1.165, 1.54) is 0 Å². The molecule has 0 aliphatic carbocycles. The second-order valence-corrected chi connectivity index (χ2v) is 2.68. The topological polar surface area (TPSA) is 55.1 Å². The van der Waals surface area contributed by atoms with Crippen LogP contribution in [0.4, 0.5) is 0 Å². The highest BCUT2D eigenvalue weighted by molar-refractivity contribution is 5.80. The number of rotatable bonds is 1. The standard InChI is InChI=1S/C9H8N2O2/c12-6-11-9(13)8-4-2-1-3-7(8)5-10-11/h1-5,12H,6H2. The Morgan fingerprint density at radius 1 is 1.38 bits per heavy atom. The molecule has 1 heterocycles. The Balaban J connectivity index is 2.87. The van der Waals surface area contributed by atoms with Gasteiger partial charge in [-0.15, -0.1) is 0 Å². The summed E-state index contributed by atoms with van der Waals surface area (Å²) in [6.45, 7) is -0.385. The van der Waals surface area contributed by atoms with E-state index in [1.54, 1.807) is 18.3 Å². The van der Waals surface area contributed by atoms with Crippen molar-refractivity contribution in [3.8, 4) is 0 Å². The fourth-order valence-electron chi connectivity index (χ4n) is 1.23. The van der Waals surface area contributed by atoms with Crippen molar-refractivity contribution in [3.63, 3.8) is 0 Å². The number of aliphatic hydroxyl groups is 1. The SMILES string of the molecule is O=c1c2ccccc2cnn1CO. The first kappa shape index (κ1) is 7.94. The molecule has 0 bridgehead atoms. The number of fused-ring (bicyclic) bond motifs is 1. The Bertz CT molecular complexity index is 490. The fourth-order valence-corrected chi connectivity index (χ4v) is 1.23. The first-order chi connectivity index (χ1) is 6.33. The van der Waals surface area contributed by atoms with E-state index in [2.05, 4.69) is 5.10 Å². The van der Waals surface area contributed by atoms with E-state index in [0.29, 0.717) is 5.39 Å². The fraction of sp³-hybridized carbons (Fsp3) is 0.111. The minimum absolute atomic E-state index is 0.263. The second kappa shape index (κ2) is 2.99. The number of hydrogen-bond donors (Lipinski definition) is 1. The van der Waals surface area contributed by atoms with E-state index < -0.39 is 0 Å². The van der Waals surface area contributed by atoms with Gasteiger partial charge in [-0.25, -0.2) is 4.68 Å². The average molecular weight is 176 g/mol. The molecule has 0 fully saturated rings. The van der Waals surface area contributed by atoms with Crippen molar-refractivity contribution in [2.24, 2.45) is 0 Å². The van der Waals surface area contributed by atoms with E-state index in [-0.39, 0.29) is 12.3 Å². The second-order valence-electron chi connectivity index (χ2n) is 2.68. The van der Waals surface area contributed by atoms with E-state index in [0.717, 1.165) is 10.1 Å². The van der Waals surface area contributed by atoms with Crippen LogP contribution >= 0.6 is 0 Å². The first-order valence-electron chi connectivity index (χ1n) is 3.88. The molecule has 1 aromatic heterocycles. The molecule has 0 saturated heterocycles. The zero-order valence-corrected chi connectivity index (χ0v) is 6.84. The van der Waals surface area contributed by atoms with Gasteiger partial charge >= 0.3 is 0 Å². The zero-order chi connectivity index (χ0) is 9.26. The zero-order valence-electron chi connectivity index (χ0n) is 6.84. The third kappa shape index (κ3) is 1.21. The van der Waals surface area contributed by atoms with Crippen molar-refractivity contribution in [1.82, 2.24) is 9.78 Å². The van der Waals surface area contributed by atoms with Gasteiger partial charge in [0.25, 0.3) is 5.56 Å². The van der Waals surface area contributed by atoms with Gasteiger partial charge in [-0.2, -0.15) is 5.10 Å². The molecule has 0 spiro atoms. The van der Waals surface area contributed by atoms with Crippen LogP contribution in [0.1, 0.15) is 0 Å². The maximum Gasteiger partial charge on any atom is 0.276 e. The van der Waals surface area contributed by atoms with Crippen LogP contribution in [0.15, 0.2) is 35.3 Å². The molecule has 4 heteroatoms. The van der Waals surface area contributed by atoms with E-state index >= 15 is 0 Å². The van der Waals surface area contributed by atoms with Crippen LogP contribution in [-0.4, -0.2) is 14.9 Å². The van der Waals surface area contributed by atoms with Crippen LogP contribution < -0.4 is 5.56 Å². The molecular formula is C9H8N2O2. The summed E-state index contributed by atoms with van der Waals surface area (Å²) < 4.78 is 1.02. The number of aliphatic hydroxyl groups excluding tert-OH is 1. The summed E-state index contributed by atoms with van der Waals surface area (Å²) in [5.41, 5.74) is -0.263. The van der Waals surface area contributed by atoms with Gasteiger partial charge in [0.1, 0.15) is 6.73 Å². The Morgan fingerprint density at radius 3 is 2.92 bits per heavy atom. The van der Waals surface area contributed by atoms with Crippen LogP contribution in [0, 0.1) is 0 Å². The van der Waals surface area contributed by atoms with Gasteiger partial charge in [-0.3, -0.25) is 4.79 Å². The molecular weight excluding hydrogens is 168 g/mol. The van der Waals surface area contributed by atoms with E-state index in [9.17, 15) is 4.79 Å². The summed E-state index contributed by atoms with van der Waals surface area (Å²) in [4.78, 5) is 11.5. The smallest absolute Gasteiger partial charge is 0.276 e. The summed E-state index contributed by atoms with van der Waals surface area (Å²) in [5, 5.41) is 13.9. The molecule has 66 valence electrons. The Hall–Kier alpha value is -1.68. The van der Waals surface area contributed by atoms with Crippen LogP contribution in [0.5, 0.6) is 0 Å². The molecule has 2 rings (SSSR count). The lowest BCUT2D eigenvalue weighted by Gasteiger charge is -2.00. The van der Waals surface area contributed by atoms with Crippen LogP contribution in [0.25, 0.3) is 10.8 Å². The molecule has 0 aliphatic rings. The van der Waals surface area contributed by atoms with E-state index in [4.69, 9.17) is 5.11 Å². The molecule has 1 N–H and O–H groups in total. The quantitative estimate of drug-likeness (QED) is 0.682. The number of benzene rings is 1. The highest BCUT2D eigenvalue weighted by Crippen LogP contribution is 2.05. The van der Waals surface area contributed by atoms with E-state index in [1.807, 2.05) is 12.1 Å². The largest absolute Gasteiger partial charge is 0.374 e. The van der Waals surface area contributed by atoms with Crippen molar-refractivity contribution in [3.05, 3.63) is 40.8 Å². The first-order valence-corrected chi connectivity index (χ1v) is 3.88. The summed E-state index contributed by atoms with van der Waals surface area (Å²) in [7, 11) is 0. The minimum Gasteiger partial charge on any atom is -0.374 e. The molecule has 0 radical (unpaired) electrons. The van der Waals surface area contributed by atoms with Gasteiger partial charge < -0.3 is 5.11 Å². The average Bonchev–Trinajstić information content (AvgIpc) is 2.19. The highest BCUT2D eigenvalue weighted by Gasteiger charge is 2.00. The van der Waals surface area contributed by atoms with Gasteiger partial charge in [0.05, 0.1) is 11.6 Å². The van der Waals surface area contributed by atoms with Gasteiger partial charge in [0, 0.05) is 5.39 Å². The van der Waals surface area contributed by atoms with Crippen molar-refractivity contribution >= 4 is 10.8 Å². The lowest BCUT2D eigenvalue weighted by molar-refractivity contribution is 0.189. The van der Waals surface area contributed by atoms with Gasteiger partial charge in [0.15, 0.2) is 0 Å². The third-order valence-corrected chi connectivity index (χ3v) is 1.90. The Kier molecular flexibility index (Phi) is 1.83. The maximum absolute atomic E-state index is 11.5. The molecule has 0 unspecified atom stereocenters. The number of hydrogen-bond acceptors (Lipinski definition) is 3. The van der Waals surface area contributed by atoms with Gasteiger partial charge in [0.2, 0.25) is 0 Å². The normalized spacial score (nSPS) is 10.5. The lowest BCUT2D eigenvalue weighted by Crippen LogP contribution is -2.22. The van der Waals surface area contributed by atoms with Crippen molar-refractivity contribution in [2.45, 2.75) is 6.73 Å². The summed E-state index contributed by atoms with van der Waals surface area (Å²) in [5.74, 6) is 0. The molecule has 0 aliphatic heterocycles. The molecule has 13 heavy (non-hydrogen) atoms. The highest BCUT2D eigenvalue weighted by atomic mass is 16.3. The van der Waals surface area contributed by atoms with Crippen LogP contribution in [0.3, 0.4) is 0 Å². The Labute approximate surface area is 74.1 Å². The molecule has 4 nitrogen and oxygen atoms in total. The summed E-state index contributed by atoms with van der Waals surface area (Å²) in [6, 6.07) is 7.15. The monoisotopic (exact) mass is 176 g/mol. The summed E-state index contributed by atoms with van der Waals surface area (Å²) >= 11 is 0. The molecule has 0 atom stereocenters. The van der Waals surface area contributed by atoms with Gasteiger partial charge in [-0.05, 0) is 6.07 Å². The number of nitrogens with zero attached hydrogens (tertiary/aromatic N) is 2. The molecule has 2 aromatic rings. The van der Waals surface area contributed by atoms with Crippen molar-refractivity contribution in [1.29, 1.82) is 0 Å². The molecule has 1 aromatic carbocycles. The lowest BCUT2D eigenvalue weighted by atomic mass is 10.2. The molecule has 0 amide bonds. The Morgan fingerprint density at radius 2 is 2.15 bits per heavy atom. The maximum atomic E-state index is 11.5. The van der Waals surface area contributed by atoms with Crippen molar-refractivity contribution in [2.75, 3.05) is 0 Å². The predicted molar refractivity (Wildman–Crippen MR) is 48.2 cm³/mol. The number of aromatic nitrogens is 2. The summed E-state index contributed by atoms with van der Waals surface area (Å²) in [6.07, 6.45) is 1.56. The third-order valence-electron chi connectivity index (χ3n) is 1.90. The van der Waals surface area contributed by atoms with Crippen molar-refractivity contribution < 1.29 is 5.11 Å². The van der Waals surface area contributed by atoms with Crippen LogP contribution in [-0.2, 0) is 6.73 Å². The predicted octanol–water partition coefficient (Wildman–Crippen LogP) is 0.346. The van der Waals surface area contributed by atoms with Crippen LogP contribution in [0.2, 0.25) is 0 Å². The minimum atomic E-state index is -0.385. The van der Waals surface area contributed by atoms with Gasteiger partial charge in [-0.1, -0.05) is 18.2 Å².